The van der Waals surface area contributed by atoms with Gasteiger partial charge in [-0.2, -0.15) is 0 Å². The number of nitrogens with zero attached hydrogens (tertiary/aromatic N) is 1. The molecule has 0 bridgehead atoms. The number of likely N-dealkylation sites (tertiary alicyclic amines) is 1. The summed E-state index contributed by atoms with van der Waals surface area (Å²) < 4.78 is 5.46. The zero-order chi connectivity index (χ0) is 12.1. The topological polar surface area (TPSA) is 67.6 Å². The van der Waals surface area contributed by atoms with Crippen LogP contribution < -0.4 is 11.1 Å². The maximum Gasteiger partial charge on any atom is 0.314 e. The Balaban J connectivity index is 1.62. The zero-order valence-corrected chi connectivity index (χ0v) is 10.4. The highest BCUT2D eigenvalue weighted by molar-refractivity contribution is 5.72. The molecular formula is C12H23N3O2. The van der Waals surface area contributed by atoms with Crippen molar-refractivity contribution >= 4 is 6.03 Å². The lowest BCUT2D eigenvalue weighted by atomic mass is 10.00. The Hall–Kier alpha value is -0.810. The highest BCUT2D eigenvalue weighted by Gasteiger charge is 2.22. The van der Waals surface area contributed by atoms with Crippen LogP contribution in [0.25, 0.3) is 0 Å². The van der Waals surface area contributed by atoms with Crippen molar-refractivity contribution < 1.29 is 9.53 Å². The molecule has 0 aromatic heterocycles. The van der Waals surface area contributed by atoms with Gasteiger partial charge in [0, 0.05) is 32.3 Å². The van der Waals surface area contributed by atoms with Crippen molar-refractivity contribution in [3.8, 4) is 0 Å². The lowest BCUT2D eigenvalue weighted by Crippen LogP contribution is -2.47. The van der Waals surface area contributed by atoms with E-state index in [4.69, 9.17) is 10.5 Å². The molecule has 2 saturated heterocycles. The maximum absolute atomic E-state index is 11.0. The van der Waals surface area contributed by atoms with E-state index in [0.717, 1.165) is 45.7 Å². The first kappa shape index (κ1) is 12.6. The summed E-state index contributed by atoms with van der Waals surface area (Å²) in [5.74, 6) is 0.665. The van der Waals surface area contributed by atoms with Crippen molar-refractivity contribution in [1.29, 1.82) is 0 Å². The fourth-order valence-electron chi connectivity index (χ4n) is 2.61. The smallest absolute Gasteiger partial charge is 0.314 e. The first-order valence-corrected chi connectivity index (χ1v) is 6.61. The molecule has 0 aliphatic carbocycles. The van der Waals surface area contributed by atoms with Crippen LogP contribution in [0.5, 0.6) is 0 Å². The predicted octanol–water partition coefficient (Wildman–Crippen LogP) is 0.546. The van der Waals surface area contributed by atoms with E-state index in [1.54, 1.807) is 4.90 Å². The number of carbonyl (C=O) groups is 1. The minimum Gasteiger partial charge on any atom is -0.381 e. The minimum atomic E-state index is -0.288. The van der Waals surface area contributed by atoms with Gasteiger partial charge >= 0.3 is 6.03 Å². The van der Waals surface area contributed by atoms with Crippen LogP contribution >= 0.6 is 0 Å². The molecule has 1 unspecified atom stereocenters. The average molecular weight is 241 g/mol. The van der Waals surface area contributed by atoms with Gasteiger partial charge in [-0.1, -0.05) is 0 Å². The standard InChI is InChI=1S/C12H23N3O2/c13-12(16)15-5-3-11(4-6-15)14-8-10-2-1-7-17-9-10/h10-11,14H,1-9H2,(H2,13,16). The number of rotatable bonds is 3. The van der Waals surface area contributed by atoms with Crippen LogP contribution in [0.2, 0.25) is 0 Å². The quantitative estimate of drug-likeness (QED) is 0.758. The molecule has 1 atom stereocenters. The molecule has 5 nitrogen and oxygen atoms in total. The van der Waals surface area contributed by atoms with Crippen molar-refractivity contribution in [2.24, 2.45) is 11.7 Å². The highest BCUT2D eigenvalue weighted by atomic mass is 16.5. The highest BCUT2D eigenvalue weighted by Crippen LogP contribution is 2.14. The van der Waals surface area contributed by atoms with E-state index in [0.29, 0.717) is 12.0 Å². The molecule has 2 amide bonds. The van der Waals surface area contributed by atoms with E-state index in [1.807, 2.05) is 0 Å². The number of hydrogen-bond donors (Lipinski definition) is 2. The molecule has 2 heterocycles. The second-order valence-electron chi connectivity index (χ2n) is 5.09. The number of primary amides is 1. The van der Waals surface area contributed by atoms with E-state index in [2.05, 4.69) is 5.32 Å². The molecule has 2 fully saturated rings. The third-order valence-corrected chi connectivity index (χ3v) is 3.76. The average Bonchev–Trinajstić information content (AvgIpc) is 2.38. The van der Waals surface area contributed by atoms with Crippen molar-refractivity contribution in [2.75, 3.05) is 32.8 Å². The summed E-state index contributed by atoms with van der Waals surface area (Å²) in [5, 5.41) is 3.59. The first-order chi connectivity index (χ1) is 8.25. The molecule has 3 N–H and O–H groups in total. The molecule has 2 aliphatic rings. The van der Waals surface area contributed by atoms with Crippen molar-refractivity contribution in [3.05, 3.63) is 0 Å². The Morgan fingerprint density at radius 3 is 2.71 bits per heavy atom. The van der Waals surface area contributed by atoms with Crippen LogP contribution in [-0.2, 0) is 4.74 Å². The van der Waals surface area contributed by atoms with Crippen LogP contribution in [0.4, 0.5) is 4.79 Å². The van der Waals surface area contributed by atoms with E-state index < -0.39 is 0 Å². The van der Waals surface area contributed by atoms with Gasteiger partial charge in [0.1, 0.15) is 0 Å². The molecule has 98 valence electrons. The summed E-state index contributed by atoms with van der Waals surface area (Å²) in [5.41, 5.74) is 5.25. The van der Waals surface area contributed by atoms with Gasteiger partial charge in [0.05, 0.1) is 6.61 Å². The number of ether oxygens (including phenoxy) is 1. The minimum absolute atomic E-state index is 0.288. The molecule has 0 saturated carbocycles. The van der Waals surface area contributed by atoms with Crippen molar-refractivity contribution in [2.45, 2.75) is 31.7 Å². The van der Waals surface area contributed by atoms with Crippen LogP contribution in [0, 0.1) is 5.92 Å². The fourth-order valence-corrected chi connectivity index (χ4v) is 2.61. The SMILES string of the molecule is NC(=O)N1CCC(NCC2CCCOC2)CC1. The maximum atomic E-state index is 11.0. The van der Waals surface area contributed by atoms with Gasteiger partial charge in [-0.05, 0) is 31.6 Å². The molecule has 0 aromatic carbocycles. The molecule has 17 heavy (non-hydrogen) atoms. The van der Waals surface area contributed by atoms with Crippen molar-refractivity contribution in [3.63, 3.8) is 0 Å². The van der Waals surface area contributed by atoms with Crippen LogP contribution in [-0.4, -0.2) is 49.8 Å². The van der Waals surface area contributed by atoms with Crippen molar-refractivity contribution in [1.82, 2.24) is 10.2 Å². The molecule has 2 rings (SSSR count). The number of urea groups is 1. The molecule has 2 aliphatic heterocycles. The van der Waals surface area contributed by atoms with Gasteiger partial charge < -0.3 is 20.7 Å². The molecule has 0 aromatic rings. The Bertz CT molecular complexity index is 246. The third-order valence-electron chi connectivity index (χ3n) is 3.76. The van der Waals surface area contributed by atoms with Gasteiger partial charge in [-0.25, -0.2) is 4.79 Å². The van der Waals surface area contributed by atoms with E-state index in [1.165, 1.54) is 12.8 Å². The van der Waals surface area contributed by atoms with Crippen LogP contribution in [0.1, 0.15) is 25.7 Å². The largest absolute Gasteiger partial charge is 0.381 e. The van der Waals surface area contributed by atoms with Gasteiger partial charge in [-0.3, -0.25) is 0 Å². The Morgan fingerprint density at radius 2 is 2.12 bits per heavy atom. The summed E-state index contributed by atoms with van der Waals surface area (Å²) in [6, 6.07) is 0.247. The van der Waals surface area contributed by atoms with E-state index in [-0.39, 0.29) is 6.03 Å². The molecule has 0 spiro atoms. The predicted molar refractivity (Wildman–Crippen MR) is 65.7 cm³/mol. The monoisotopic (exact) mass is 241 g/mol. The van der Waals surface area contributed by atoms with Gasteiger partial charge in [0.2, 0.25) is 0 Å². The number of nitrogens with one attached hydrogen (secondary N) is 1. The number of hydrogen-bond acceptors (Lipinski definition) is 3. The zero-order valence-electron chi connectivity index (χ0n) is 10.4. The number of amides is 2. The Kier molecular flexibility index (Phi) is 4.62. The fraction of sp³-hybridized carbons (Fsp3) is 0.917. The Morgan fingerprint density at radius 1 is 1.35 bits per heavy atom. The van der Waals surface area contributed by atoms with Gasteiger partial charge in [-0.15, -0.1) is 0 Å². The normalized spacial score (nSPS) is 27.1. The summed E-state index contributed by atoms with van der Waals surface area (Å²) in [7, 11) is 0. The molecular weight excluding hydrogens is 218 g/mol. The summed E-state index contributed by atoms with van der Waals surface area (Å²) in [6.07, 6.45) is 4.48. The number of piperidine rings is 1. The van der Waals surface area contributed by atoms with Gasteiger partial charge in [0.15, 0.2) is 0 Å². The summed E-state index contributed by atoms with van der Waals surface area (Å²) >= 11 is 0. The van der Waals surface area contributed by atoms with Crippen LogP contribution in [0.15, 0.2) is 0 Å². The second kappa shape index (κ2) is 6.21. The summed E-state index contributed by atoms with van der Waals surface area (Å²) in [4.78, 5) is 12.7. The Labute approximate surface area is 103 Å². The molecule has 0 radical (unpaired) electrons. The number of nitrogens with two attached hydrogens (primary N) is 1. The molecule has 5 heteroatoms. The third kappa shape index (κ3) is 3.85. The van der Waals surface area contributed by atoms with E-state index >= 15 is 0 Å². The number of carbonyl (C=O) groups excluding carboxylic acids is 1. The van der Waals surface area contributed by atoms with E-state index in [9.17, 15) is 4.79 Å². The second-order valence-corrected chi connectivity index (χ2v) is 5.09. The van der Waals surface area contributed by atoms with Crippen LogP contribution in [0.3, 0.4) is 0 Å². The first-order valence-electron chi connectivity index (χ1n) is 6.61. The lowest BCUT2D eigenvalue weighted by Gasteiger charge is -2.32. The summed E-state index contributed by atoms with van der Waals surface area (Å²) in [6.45, 7) is 4.43. The van der Waals surface area contributed by atoms with Gasteiger partial charge in [0.25, 0.3) is 0 Å². The lowest BCUT2D eigenvalue weighted by molar-refractivity contribution is 0.0528.